The third kappa shape index (κ3) is 4.34. The molecule has 2 rings (SSSR count). The van der Waals surface area contributed by atoms with Crippen LogP contribution in [0, 0.1) is 0 Å². The van der Waals surface area contributed by atoms with Crippen LogP contribution in [0.2, 0.25) is 10.0 Å². The third-order valence-corrected chi connectivity index (χ3v) is 4.22. The second-order valence-corrected chi connectivity index (χ2v) is 6.32. The van der Waals surface area contributed by atoms with Crippen LogP contribution in [-0.4, -0.2) is 16.5 Å². The highest BCUT2D eigenvalue weighted by atomic mass is 35.5. The largest absolute Gasteiger partial charge is 0.309 e. The van der Waals surface area contributed by atoms with Gasteiger partial charge >= 0.3 is 0 Å². The first-order chi connectivity index (χ1) is 9.58. The Morgan fingerprint density at radius 1 is 1.25 bits per heavy atom. The van der Waals surface area contributed by atoms with Gasteiger partial charge in [0.15, 0.2) is 0 Å². The topological polar surface area (TPSA) is 57.8 Å². The third-order valence-electron chi connectivity index (χ3n) is 2.32. The predicted molar refractivity (Wildman–Crippen MR) is 88.0 cm³/mol. The van der Waals surface area contributed by atoms with Gasteiger partial charge in [-0.1, -0.05) is 23.2 Å². The fraction of sp³-hybridized carbons (Fsp3) is 0.167. The molecule has 0 bridgehead atoms. The van der Waals surface area contributed by atoms with Gasteiger partial charge in [0.1, 0.15) is 0 Å². The Morgan fingerprint density at radius 2 is 1.95 bits per heavy atom. The minimum absolute atomic E-state index is 0.148. The van der Waals surface area contributed by atoms with E-state index in [0.717, 1.165) is 10.6 Å². The smallest absolute Gasteiger partial charge is 0.226 e. The summed E-state index contributed by atoms with van der Waals surface area (Å²) in [5.41, 5.74) is 0.821. The van der Waals surface area contributed by atoms with E-state index in [4.69, 9.17) is 23.2 Å². The van der Waals surface area contributed by atoms with Gasteiger partial charge in [-0.05, 0) is 42.0 Å². The highest BCUT2D eigenvalue weighted by Crippen LogP contribution is 2.22. The zero-order valence-electron chi connectivity index (χ0n) is 10.4. The van der Waals surface area contributed by atoms with Crippen LogP contribution < -0.4 is 10.2 Å². The Balaban J connectivity index is 1.97. The Morgan fingerprint density at radius 3 is 2.55 bits per heavy atom. The average Bonchev–Trinajstić information content (AvgIpc) is 2.39. The van der Waals surface area contributed by atoms with Crippen molar-refractivity contribution in [2.24, 2.45) is 0 Å². The van der Waals surface area contributed by atoms with Crippen molar-refractivity contribution in [2.75, 3.05) is 11.0 Å². The molecule has 4 nitrogen and oxygen atoms in total. The van der Waals surface area contributed by atoms with Crippen LogP contribution >= 0.6 is 46.9 Å². The van der Waals surface area contributed by atoms with Gasteiger partial charge in [-0.25, -0.2) is 0 Å². The van der Waals surface area contributed by atoms with Crippen molar-refractivity contribution in [1.82, 2.24) is 10.2 Å². The number of thioether (sulfide) groups is 1. The molecule has 0 amide bonds. The molecule has 1 aromatic heterocycles. The first-order valence-electron chi connectivity index (χ1n) is 5.55. The van der Waals surface area contributed by atoms with E-state index in [-0.39, 0.29) is 11.2 Å². The summed E-state index contributed by atoms with van der Waals surface area (Å²) in [6, 6.07) is 6.85. The van der Waals surface area contributed by atoms with Gasteiger partial charge in [0, 0.05) is 21.9 Å². The van der Waals surface area contributed by atoms with Crippen molar-refractivity contribution in [1.29, 1.82) is 0 Å². The van der Waals surface area contributed by atoms with Crippen LogP contribution in [0.1, 0.15) is 5.56 Å². The van der Waals surface area contributed by atoms with E-state index in [1.807, 2.05) is 18.4 Å². The number of benzene rings is 1. The van der Waals surface area contributed by atoms with E-state index in [9.17, 15) is 4.79 Å². The molecule has 0 spiro atoms. The molecule has 20 heavy (non-hydrogen) atoms. The van der Waals surface area contributed by atoms with Crippen molar-refractivity contribution >= 4 is 52.7 Å². The van der Waals surface area contributed by atoms with Gasteiger partial charge in [0.25, 0.3) is 0 Å². The monoisotopic (exact) mass is 347 g/mol. The van der Waals surface area contributed by atoms with Crippen molar-refractivity contribution in [2.45, 2.75) is 10.8 Å². The molecular formula is C12H11Cl2N3OS2. The lowest BCUT2D eigenvalue weighted by atomic mass is 10.2. The summed E-state index contributed by atoms with van der Waals surface area (Å²) in [6.45, 7) is 0. The number of aromatic nitrogens is 2. The van der Waals surface area contributed by atoms with E-state index < -0.39 is 0 Å². The number of nitrogens with one attached hydrogen (secondary N) is 2. The van der Waals surface area contributed by atoms with Gasteiger partial charge < -0.3 is 4.72 Å². The van der Waals surface area contributed by atoms with E-state index >= 15 is 0 Å². The minimum atomic E-state index is -0.148. The summed E-state index contributed by atoms with van der Waals surface area (Å²) >= 11 is 14.6. The maximum atomic E-state index is 11.7. The lowest BCUT2D eigenvalue weighted by Crippen LogP contribution is -2.10. The summed E-state index contributed by atoms with van der Waals surface area (Å²) in [5, 5.41) is 8.67. The molecule has 0 saturated carbocycles. The number of hydrogen-bond donors (Lipinski definition) is 2. The zero-order valence-corrected chi connectivity index (χ0v) is 13.6. The fourth-order valence-electron chi connectivity index (χ4n) is 1.45. The van der Waals surface area contributed by atoms with Gasteiger partial charge in [-0.3, -0.25) is 9.89 Å². The zero-order chi connectivity index (χ0) is 14.5. The molecular weight excluding hydrogens is 337 g/mol. The lowest BCUT2D eigenvalue weighted by Gasteiger charge is -2.05. The maximum Gasteiger partial charge on any atom is 0.226 e. The number of H-pyrrole nitrogens is 1. The second kappa shape index (κ2) is 7.26. The van der Waals surface area contributed by atoms with Crippen molar-refractivity contribution in [3.63, 3.8) is 0 Å². The van der Waals surface area contributed by atoms with Crippen molar-refractivity contribution < 1.29 is 0 Å². The summed E-state index contributed by atoms with van der Waals surface area (Å²) in [6.07, 6.45) is 1.87. The molecule has 1 heterocycles. The van der Waals surface area contributed by atoms with Crippen LogP contribution in [0.5, 0.6) is 0 Å². The fourth-order valence-corrected chi connectivity index (χ4v) is 3.07. The van der Waals surface area contributed by atoms with E-state index in [0.29, 0.717) is 15.8 Å². The van der Waals surface area contributed by atoms with Gasteiger partial charge in [-0.15, -0.1) is 11.8 Å². The van der Waals surface area contributed by atoms with Crippen LogP contribution in [-0.2, 0) is 5.75 Å². The molecule has 0 aliphatic heterocycles. The summed E-state index contributed by atoms with van der Waals surface area (Å²) in [5.74, 6) is 0.895. The number of rotatable bonds is 5. The molecule has 0 aliphatic carbocycles. The number of halogens is 2. The number of anilines is 1. The quantitative estimate of drug-likeness (QED) is 0.630. The first kappa shape index (κ1) is 15.6. The molecule has 2 N–H and O–H groups in total. The molecule has 0 unspecified atom stereocenters. The van der Waals surface area contributed by atoms with Crippen LogP contribution in [0.15, 0.2) is 34.1 Å². The SMILES string of the molecule is CSc1cc(=O)c(NSCc2cc(Cl)cc(Cl)c2)n[nH]1. The molecule has 8 heteroatoms. The average molecular weight is 348 g/mol. The number of hydrogen-bond acceptors (Lipinski definition) is 5. The van der Waals surface area contributed by atoms with E-state index in [1.165, 1.54) is 29.8 Å². The first-order valence-corrected chi connectivity index (χ1v) is 8.51. The standard InChI is InChI=1S/C12H11Cl2N3OS2/c1-19-11-5-10(18)12(16-15-11)17-20-6-7-2-8(13)4-9(14)3-7/h2-5H,6H2,1H3,(H,15,18)(H,16,17). The lowest BCUT2D eigenvalue weighted by molar-refractivity contribution is 0.930. The normalized spacial score (nSPS) is 10.6. The summed E-state index contributed by atoms with van der Waals surface area (Å²) in [7, 11) is 0. The summed E-state index contributed by atoms with van der Waals surface area (Å²) in [4.78, 5) is 11.7. The van der Waals surface area contributed by atoms with Crippen LogP contribution in [0.3, 0.4) is 0 Å². The highest BCUT2D eigenvalue weighted by molar-refractivity contribution is 7.99. The van der Waals surface area contributed by atoms with Gasteiger partial charge in [-0.2, -0.15) is 5.10 Å². The Hall–Kier alpha value is -0.820. The maximum absolute atomic E-state index is 11.7. The summed E-state index contributed by atoms with van der Waals surface area (Å²) < 4.78 is 2.92. The molecule has 0 saturated heterocycles. The molecule has 1 aromatic carbocycles. The van der Waals surface area contributed by atoms with Crippen molar-refractivity contribution in [3.05, 3.63) is 50.1 Å². The molecule has 0 aliphatic rings. The molecule has 0 atom stereocenters. The van der Waals surface area contributed by atoms with Crippen molar-refractivity contribution in [3.8, 4) is 0 Å². The number of aromatic amines is 1. The Labute approximate surface area is 134 Å². The Kier molecular flexibility index (Phi) is 5.65. The number of nitrogens with zero attached hydrogens (tertiary/aromatic N) is 1. The molecule has 106 valence electrons. The van der Waals surface area contributed by atoms with Crippen LogP contribution in [0.4, 0.5) is 5.82 Å². The molecule has 2 aromatic rings. The van der Waals surface area contributed by atoms with Gasteiger partial charge in [0.05, 0.1) is 5.03 Å². The van der Waals surface area contributed by atoms with E-state index in [2.05, 4.69) is 14.9 Å². The Bertz CT molecular complexity index is 643. The molecule has 0 fully saturated rings. The van der Waals surface area contributed by atoms with Crippen LogP contribution in [0.25, 0.3) is 0 Å². The van der Waals surface area contributed by atoms with E-state index in [1.54, 1.807) is 6.07 Å². The predicted octanol–water partition coefficient (Wildman–Crippen LogP) is 4.06. The molecule has 0 radical (unpaired) electrons. The minimum Gasteiger partial charge on any atom is -0.309 e. The van der Waals surface area contributed by atoms with Gasteiger partial charge in [0.2, 0.25) is 11.2 Å². The second-order valence-electron chi connectivity index (χ2n) is 3.82. The highest BCUT2D eigenvalue weighted by Gasteiger charge is 2.04.